The molecule has 3 N–H and O–H groups in total. The third-order valence-electron chi connectivity index (χ3n) is 3.99. The lowest BCUT2D eigenvalue weighted by atomic mass is 9.87. The summed E-state index contributed by atoms with van der Waals surface area (Å²) in [5.74, 6) is 0.470. The summed E-state index contributed by atoms with van der Waals surface area (Å²) in [5.41, 5.74) is 2.45. The van der Waals surface area contributed by atoms with Crippen molar-refractivity contribution in [2.24, 2.45) is 0 Å². The number of carboxylic acids is 1. The summed E-state index contributed by atoms with van der Waals surface area (Å²) in [4.78, 5) is 10.5. The van der Waals surface area contributed by atoms with Crippen molar-refractivity contribution < 1.29 is 24.5 Å². The van der Waals surface area contributed by atoms with E-state index in [9.17, 15) is 9.90 Å². The molecule has 0 heterocycles. The first-order valence-corrected chi connectivity index (χ1v) is 7.40. The van der Waals surface area contributed by atoms with Crippen molar-refractivity contribution in [3.8, 4) is 11.5 Å². The summed E-state index contributed by atoms with van der Waals surface area (Å²) in [6.07, 6.45) is 1.60. The van der Waals surface area contributed by atoms with Gasteiger partial charge < -0.3 is 25.0 Å². The average Bonchev–Trinajstić information content (AvgIpc) is 2.50. The Hall–Kier alpha value is -1.79. The lowest BCUT2D eigenvalue weighted by molar-refractivity contribution is -0.139. The summed E-state index contributed by atoms with van der Waals surface area (Å²) >= 11 is 0. The number of methoxy groups -OCH3 is 2. The largest absolute Gasteiger partial charge is 0.493 e. The van der Waals surface area contributed by atoms with E-state index < -0.39 is 12.1 Å². The molecule has 1 aliphatic carbocycles. The maximum Gasteiger partial charge on any atom is 0.306 e. The zero-order valence-corrected chi connectivity index (χ0v) is 13.0. The van der Waals surface area contributed by atoms with Gasteiger partial charge in [-0.15, -0.1) is 0 Å². The number of carboxylic acid groups (broad SMARTS) is 1. The van der Waals surface area contributed by atoms with Gasteiger partial charge in [0.1, 0.15) is 0 Å². The molecule has 0 saturated carbocycles. The Bertz CT molecular complexity index is 532. The van der Waals surface area contributed by atoms with Gasteiger partial charge in [-0.1, -0.05) is 0 Å². The number of benzene rings is 1. The number of aliphatic hydroxyl groups excluding tert-OH is 1. The molecule has 0 fully saturated rings. The highest BCUT2D eigenvalue weighted by molar-refractivity contribution is 5.67. The fourth-order valence-electron chi connectivity index (χ4n) is 2.83. The number of rotatable bonds is 7. The number of fused-ring (bicyclic) bond motifs is 1. The van der Waals surface area contributed by atoms with Gasteiger partial charge in [0.25, 0.3) is 0 Å². The third-order valence-corrected chi connectivity index (χ3v) is 3.99. The Morgan fingerprint density at radius 3 is 2.55 bits per heavy atom. The molecule has 0 radical (unpaired) electrons. The molecular weight excluding hydrogens is 286 g/mol. The van der Waals surface area contributed by atoms with Crippen LogP contribution in [-0.4, -0.2) is 49.1 Å². The molecule has 0 aliphatic heterocycles. The van der Waals surface area contributed by atoms with Crippen LogP contribution in [0.4, 0.5) is 0 Å². The van der Waals surface area contributed by atoms with E-state index in [1.54, 1.807) is 14.2 Å². The molecule has 6 nitrogen and oxygen atoms in total. The number of nitrogens with one attached hydrogen (secondary N) is 1. The quantitative estimate of drug-likeness (QED) is 0.696. The van der Waals surface area contributed by atoms with Crippen LogP contribution < -0.4 is 14.8 Å². The normalized spacial score (nSPS) is 18.4. The zero-order valence-electron chi connectivity index (χ0n) is 13.0. The minimum Gasteiger partial charge on any atom is -0.493 e. The topological polar surface area (TPSA) is 88.0 Å². The van der Waals surface area contributed by atoms with Gasteiger partial charge in [0.15, 0.2) is 11.5 Å². The number of hydrogen-bond donors (Lipinski definition) is 3. The molecule has 1 aromatic rings. The minimum atomic E-state index is -0.986. The molecule has 122 valence electrons. The molecule has 0 bridgehead atoms. The van der Waals surface area contributed by atoms with Crippen LogP contribution in [0.15, 0.2) is 12.1 Å². The van der Waals surface area contributed by atoms with Crippen LogP contribution in [0.2, 0.25) is 0 Å². The second-order valence-corrected chi connectivity index (χ2v) is 5.58. The maximum absolute atomic E-state index is 10.5. The SMILES string of the molecule is COc1cc2c(cc1OC)CC(NCC(O)CC(=O)O)CC2. The van der Waals surface area contributed by atoms with Gasteiger partial charge in [-0.25, -0.2) is 0 Å². The fourth-order valence-corrected chi connectivity index (χ4v) is 2.83. The maximum atomic E-state index is 10.5. The van der Waals surface area contributed by atoms with E-state index in [1.807, 2.05) is 12.1 Å². The molecule has 2 rings (SSSR count). The molecule has 2 unspecified atom stereocenters. The predicted molar refractivity (Wildman–Crippen MR) is 81.6 cm³/mol. The van der Waals surface area contributed by atoms with Crippen LogP contribution in [0.1, 0.15) is 24.0 Å². The van der Waals surface area contributed by atoms with E-state index >= 15 is 0 Å². The van der Waals surface area contributed by atoms with Crippen LogP contribution in [0.5, 0.6) is 11.5 Å². The second-order valence-electron chi connectivity index (χ2n) is 5.58. The van der Waals surface area contributed by atoms with E-state index in [0.29, 0.717) is 12.3 Å². The molecule has 0 amide bonds. The molecule has 2 atom stereocenters. The summed E-state index contributed by atoms with van der Waals surface area (Å²) in [5, 5.41) is 21.5. The number of aliphatic hydroxyl groups is 1. The Balaban J connectivity index is 1.97. The Labute approximate surface area is 130 Å². The summed E-state index contributed by atoms with van der Waals surface area (Å²) < 4.78 is 10.6. The number of aryl methyl sites for hydroxylation is 1. The number of ether oxygens (including phenoxy) is 2. The van der Waals surface area contributed by atoms with E-state index in [2.05, 4.69) is 5.32 Å². The molecule has 6 heteroatoms. The van der Waals surface area contributed by atoms with Crippen LogP contribution >= 0.6 is 0 Å². The van der Waals surface area contributed by atoms with E-state index in [0.717, 1.165) is 25.0 Å². The molecule has 1 aromatic carbocycles. The molecule has 22 heavy (non-hydrogen) atoms. The van der Waals surface area contributed by atoms with E-state index in [4.69, 9.17) is 14.6 Å². The Morgan fingerprint density at radius 2 is 1.95 bits per heavy atom. The first-order chi connectivity index (χ1) is 10.5. The van der Waals surface area contributed by atoms with Crippen molar-refractivity contribution in [1.82, 2.24) is 5.32 Å². The highest BCUT2D eigenvalue weighted by Gasteiger charge is 2.22. The number of aliphatic carboxylic acids is 1. The van der Waals surface area contributed by atoms with Gasteiger partial charge in [-0.3, -0.25) is 4.79 Å². The zero-order chi connectivity index (χ0) is 16.1. The lowest BCUT2D eigenvalue weighted by Crippen LogP contribution is -2.39. The standard InChI is InChI=1S/C16H23NO5/c1-21-14-6-10-3-4-12(5-11(10)7-15(14)22-2)17-9-13(18)8-16(19)20/h6-7,12-13,17-18H,3-5,8-9H2,1-2H3,(H,19,20). The Kier molecular flexibility index (Phi) is 5.63. The van der Waals surface area contributed by atoms with Gasteiger partial charge in [0.05, 0.1) is 26.7 Å². The minimum absolute atomic E-state index is 0.231. The van der Waals surface area contributed by atoms with Crippen molar-refractivity contribution in [3.05, 3.63) is 23.3 Å². The molecule has 1 aliphatic rings. The summed E-state index contributed by atoms with van der Waals surface area (Å²) in [6.45, 7) is 0.291. The summed E-state index contributed by atoms with van der Waals surface area (Å²) in [6, 6.07) is 4.24. The second kappa shape index (κ2) is 7.47. The average molecular weight is 309 g/mol. The number of carbonyl (C=O) groups is 1. The molecule has 0 aromatic heterocycles. The lowest BCUT2D eigenvalue weighted by Gasteiger charge is -2.27. The highest BCUT2D eigenvalue weighted by Crippen LogP contribution is 2.34. The predicted octanol–water partition coefficient (Wildman–Crippen LogP) is 0.986. The highest BCUT2D eigenvalue weighted by atomic mass is 16.5. The third kappa shape index (κ3) is 4.11. The van der Waals surface area contributed by atoms with Gasteiger partial charge in [0, 0.05) is 12.6 Å². The van der Waals surface area contributed by atoms with Crippen LogP contribution in [-0.2, 0) is 17.6 Å². The van der Waals surface area contributed by atoms with E-state index in [1.165, 1.54) is 11.1 Å². The van der Waals surface area contributed by atoms with Crippen molar-refractivity contribution in [2.45, 2.75) is 37.8 Å². The van der Waals surface area contributed by atoms with Gasteiger partial charge in [-0.2, -0.15) is 0 Å². The van der Waals surface area contributed by atoms with Gasteiger partial charge in [0.2, 0.25) is 0 Å². The smallest absolute Gasteiger partial charge is 0.306 e. The summed E-state index contributed by atoms with van der Waals surface area (Å²) in [7, 11) is 3.24. The molecule has 0 spiro atoms. The fraction of sp³-hybridized carbons (Fsp3) is 0.562. The molecule has 0 saturated heterocycles. The Morgan fingerprint density at radius 1 is 1.32 bits per heavy atom. The van der Waals surface area contributed by atoms with Crippen LogP contribution in [0.25, 0.3) is 0 Å². The molecular formula is C16H23NO5. The first-order valence-electron chi connectivity index (χ1n) is 7.40. The van der Waals surface area contributed by atoms with Crippen molar-refractivity contribution in [2.75, 3.05) is 20.8 Å². The van der Waals surface area contributed by atoms with Crippen LogP contribution in [0, 0.1) is 0 Å². The van der Waals surface area contributed by atoms with Gasteiger partial charge >= 0.3 is 5.97 Å². The number of hydrogen-bond acceptors (Lipinski definition) is 5. The van der Waals surface area contributed by atoms with E-state index in [-0.39, 0.29) is 12.5 Å². The van der Waals surface area contributed by atoms with Crippen molar-refractivity contribution >= 4 is 5.97 Å². The van der Waals surface area contributed by atoms with Crippen molar-refractivity contribution in [3.63, 3.8) is 0 Å². The first kappa shape index (κ1) is 16.6. The monoisotopic (exact) mass is 309 g/mol. The van der Waals surface area contributed by atoms with Crippen molar-refractivity contribution in [1.29, 1.82) is 0 Å². The van der Waals surface area contributed by atoms with Crippen LogP contribution in [0.3, 0.4) is 0 Å². The van der Waals surface area contributed by atoms with Gasteiger partial charge in [-0.05, 0) is 42.5 Å².